The first-order valence-corrected chi connectivity index (χ1v) is 4.97. The molecule has 1 atom stereocenters. The lowest BCUT2D eigenvalue weighted by Gasteiger charge is -2.36. The lowest BCUT2D eigenvalue weighted by Crippen LogP contribution is -2.52. The molecule has 1 aliphatic rings. The van der Waals surface area contributed by atoms with E-state index in [4.69, 9.17) is 0 Å². The van der Waals surface area contributed by atoms with Crippen LogP contribution in [0.15, 0.2) is 0 Å². The highest BCUT2D eigenvalue weighted by Crippen LogP contribution is 2.18. The van der Waals surface area contributed by atoms with E-state index in [1.54, 1.807) is 5.32 Å². The average molecular weight is 210 g/mol. The number of rotatable bonds is 2. The van der Waals surface area contributed by atoms with Gasteiger partial charge in [-0.1, -0.05) is 0 Å². The van der Waals surface area contributed by atoms with Gasteiger partial charge in [-0.15, -0.1) is 0 Å². The number of halogens is 3. The maximum absolute atomic E-state index is 12.0. The largest absolute Gasteiger partial charge is 0.457 e. The molecule has 2 nitrogen and oxygen atoms in total. The van der Waals surface area contributed by atoms with Crippen molar-refractivity contribution >= 4 is 0 Å². The second-order valence-electron chi connectivity index (χ2n) is 4.07. The summed E-state index contributed by atoms with van der Waals surface area (Å²) in [4.78, 5) is 2.08. The molecule has 1 rings (SSSR count). The predicted molar refractivity (Wildman–Crippen MR) is 48.9 cm³/mol. The molecule has 0 radical (unpaired) electrons. The van der Waals surface area contributed by atoms with E-state index < -0.39 is 12.3 Å². The minimum atomic E-state index is -4.25. The monoisotopic (exact) mass is 210 g/mol. The molecular formula is C9H17F3N2. The fourth-order valence-corrected chi connectivity index (χ4v) is 1.82. The third kappa shape index (κ3) is 3.84. The Morgan fingerprint density at radius 2 is 2.00 bits per heavy atom. The van der Waals surface area contributed by atoms with Crippen molar-refractivity contribution in [1.82, 2.24) is 10.2 Å². The molecule has 5 heteroatoms. The van der Waals surface area contributed by atoms with Crippen LogP contribution in [-0.4, -0.2) is 36.4 Å². The molecule has 0 saturated carbocycles. The zero-order chi connectivity index (χ0) is 10.8. The number of nitrogens with one attached hydrogen (secondary N) is 1. The molecule has 0 aliphatic carbocycles. The predicted octanol–water partition coefficient (Wildman–Crippen LogP) is 1.97. The van der Waals surface area contributed by atoms with Gasteiger partial charge in [-0.3, -0.25) is 4.90 Å². The molecule has 0 bridgehead atoms. The molecule has 1 N–H and O–H groups in total. The van der Waals surface area contributed by atoms with Crippen LogP contribution in [0.25, 0.3) is 0 Å². The molecule has 1 unspecified atom stereocenters. The third-order valence-corrected chi connectivity index (χ3v) is 2.55. The summed E-state index contributed by atoms with van der Waals surface area (Å²) in [6.07, 6.45) is -2.79. The van der Waals surface area contributed by atoms with Crippen molar-refractivity contribution < 1.29 is 13.2 Å². The Bertz CT molecular complexity index is 179. The zero-order valence-electron chi connectivity index (χ0n) is 8.56. The molecule has 0 aromatic rings. The van der Waals surface area contributed by atoms with Crippen molar-refractivity contribution in [2.75, 3.05) is 13.1 Å². The van der Waals surface area contributed by atoms with E-state index in [9.17, 15) is 13.2 Å². The highest BCUT2D eigenvalue weighted by molar-refractivity contribution is 4.80. The molecule has 1 fully saturated rings. The number of alkyl halides is 3. The quantitative estimate of drug-likeness (QED) is 0.701. The minimum absolute atomic E-state index is 0.327. The summed E-state index contributed by atoms with van der Waals surface area (Å²) in [6, 6.07) is -0.112. The first kappa shape index (κ1) is 11.8. The number of hydrogen-bond donors (Lipinski definition) is 1. The molecule has 1 heterocycles. The van der Waals surface area contributed by atoms with Crippen LogP contribution in [0.2, 0.25) is 0 Å². The summed E-state index contributed by atoms with van der Waals surface area (Å²) in [6.45, 7) is 5.43. The van der Waals surface area contributed by atoms with Gasteiger partial charge in [0, 0.05) is 18.6 Å². The molecule has 0 aromatic carbocycles. The smallest absolute Gasteiger partial charge is 0.299 e. The fraction of sp³-hybridized carbons (Fsp3) is 1.00. The van der Waals surface area contributed by atoms with Gasteiger partial charge in [0.25, 0.3) is 0 Å². The molecule has 14 heavy (non-hydrogen) atoms. The van der Waals surface area contributed by atoms with Crippen LogP contribution < -0.4 is 5.32 Å². The Hall–Kier alpha value is -0.290. The van der Waals surface area contributed by atoms with Crippen molar-refractivity contribution in [1.29, 1.82) is 0 Å². The highest BCUT2D eigenvalue weighted by atomic mass is 19.4. The Labute approximate surface area is 82.5 Å². The van der Waals surface area contributed by atoms with Crippen molar-refractivity contribution in [3.05, 3.63) is 0 Å². The van der Waals surface area contributed by atoms with Crippen LogP contribution in [0, 0.1) is 0 Å². The standard InChI is InChI=1S/C9H17F3N2/c1-7(2)14-5-3-4-8(6-14)13-9(10,11)12/h7-8,13H,3-6H2,1-2H3. The van der Waals surface area contributed by atoms with E-state index in [0.29, 0.717) is 19.0 Å². The summed E-state index contributed by atoms with van der Waals surface area (Å²) in [5, 5.41) is 1.70. The summed E-state index contributed by atoms with van der Waals surface area (Å²) in [5.74, 6) is 0. The molecule has 0 spiro atoms. The maximum Gasteiger partial charge on any atom is 0.457 e. The molecule has 0 aromatic heterocycles. The summed E-state index contributed by atoms with van der Waals surface area (Å²) >= 11 is 0. The van der Waals surface area contributed by atoms with Crippen molar-refractivity contribution in [2.45, 2.75) is 45.1 Å². The average Bonchev–Trinajstić information content (AvgIpc) is 2.01. The Morgan fingerprint density at radius 1 is 1.36 bits per heavy atom. The third-order valence-electron chi connectivity index (χ3n) is 2.55. The second-order valence-corrected chi connectivity index (χ2v) is 4.07. The molecular weight excluding hydrogens is 193 g/mol. The normalized spacial score (nSPS) is 25.7. The number of likely N-dealkylation sites (tertiary alicyclic amines) is 1. The van der Waals surface area contributed by atoms with Crippen LogP contribution in [0.3, 0.4) is 0 Å². The molecule has 1 aliphatic heterocycles. The van der Waals surface area contributed by atoms with Gasteiger partial charge in [-0.2, -0.15) is 13.2 Å². The van der Waals surface area contributed by atoms with Gasteiger partial charge in [0.05, 0.1) is 0 Å². The van der Waals surface area contributed by atoms with E-state index in [-0.39, 0.29) is 0 Å². The van der Waals surface area contributed by atoms with E-state index in [2.05, 4.69) is 4.90 Å². The van der Waals surface area contributed by atoms with Crippen molar-refractivity contribution in [3.63, 3.8) is 0 Å². The van der Waals surface area contributed by atoms with Crippen LogP contribution in [-0.2, 0) is 0 Å². The van der Waals surface area contributed by atoms with Gasteiger partial charge < -0.3 is 0 Å². The maximum atomic E-state index is 12.0. The first-order chi connectivity index (χ1) is 6.38. The summed E-state index contributed by atoms with van der Waals surface area (Å²) in [7, 11) is 0. The van der Waals surface area contributed by atoms with Gasteiger partial charge in [-0.05, 0) is 33.2 Å². The van der Waals surface area contributed by atoms with Crippen LogP contribution in [0.1, 0.15) is 26.7 Å². The lowest BCUT2D eigenvalue weighted by atomic mass is 10.0. The SMILES string of the molecule is CC(C)N1CCCC(NC(F)(F)F)C1. The molecule has 0 amide bonds. The Balaban J connectivity index is 2.40. The number of nitrogens with zero attached hydrogens (tertiary/aromatic N) is 1. The summed E-state index contributed by atoms with van der Waals surface area (Å²) < 4.78 is 36.1. The van der Waals surface area contributed by atoms with Gasteiger partial charge in [0.2, 0.25) is 0 Å². The molecule has 84 valence electrons. The zero-order valence-corrected chi connectivity index (χ0v) is 8.56. The minimum Gasteiger partial charge on any atom is -0.299 e. The van der Waals surface area contributed by atoms with Crippen LogP contribution in [0.4, 0.5) is 13.2 Å². The van der Waals surface area contributed by atoms with E-state index in [1.165, 1.54) is 0 Å². The van der Waals surface area contributed by atoms with Gasteiger partial charge in [-0.25, -0.2) is 5.32 Å². The fourth-order valence-electron chi connectivity index (χ4n) is 1.82. The van der Waals surface area contributed by atoms with Gasteiger partial charge in [0.1, 0.15) is 0 Å². The van der Waals surface area contributed by atoms with Gasteiger partial charge >= 0.3 is 6.30 Å². The first-order valence-electron chi connectivity index (χ1n) is 4.97. The van der Waals surface area contributed by atoms with Gasteiger partial charge in [0.15, 0.2) is 0 Å². The van der Waals surface area contributed by atoms with Crippen LogP contribution >= 0.6 is 0 Å². The topological polar surface area (TPSA) is 15.3 Å². The van der Waals surface area contributed by atoms with E-state index in [1.807, 2.05) is 13.8 Å². The highest BCUT2D eigenvalue weighted by Gasteiger charge is 2.33. The van der Waals surface area contributed by atoms with E-state index in [0.717, 1.165) is 13.0 Å². The number of piperidine rings is 1. The number of hydrogen-bond acceptors (Lipinski definition) is 2. The molecule has 1 saturated heterocycles. The Kier molecular flexibility index (Phi) is 3.78. The van der Waals surface area contributed by atoms with E-state index >= 15 is 0 Å². The second kappa shape index (κ2) is 4.49. The van der Waals surface area contributed by atoms with Crippen molar-refractivity contribution in [3.8, 4) is 0 Å². The Morgan fingerprint density at radius 3 is 2.50 bits per heavy atom. The van der Waals surface area contributed by atoms with Crippen molar-refractivity contribution in [2.24, 2.45) is 0 Å². The lowest BCUT2D eigenvalue weighted by molar-refractivity contribution is -0.167. The van der Waals surface area contributed by atoms with Crippen LogP contribution in [0.5, 0.6) is 0 Å². The summed E-state index contributed by atoms with van der Waals surface area (Å²) in [5.41, 5.74) is 0.